The fourth-order valence-corrected chi connectivity index (χ4v) is 3.16. The molecule has 0 aliphatic heterocycles. The van der Waals surface area contributed by atoms with Crippen LogP contribution in [0.1, 0.15) is 16.1 Å². The van der Waals surface area contributed by atoms with Gasteiger partial charge in [-0.15, -0.1) is 11.3 Å². The van der Waals surface area contributed by atoms with E-state index in [0.29, 0.717) is 29.7 Å². The number of aromatic nitrogens is 1. The lowest BCUT2D eigenvalue weighted by atomic mass is 10.2. The summed E-state index contributed by atoms with van der Waals surface area (Å²) >= 11 is 1.27. The molecule has 0 spiro atoms. The van der Waals surface area contributed by atoms with E-state index < -0.39 is 5.97 Å². The van der Waals surface area contributed by atoms with Gasteiger partial charge in [0.25, 0.3) is 0 Å². The molecular weight excluding hydrogens is 366 g/mol. The SMILES string of the molecule is COc1ccc(-c2nc(C(=O)O)cs2)cc1OCCOc1ccc(C)cc1. The summed E-state index contributed by atoms with van der Waals surface area (Å²) in [5.74, 6) is 0.878. The van der Waals surface area contributed by atoms with Crippen LogP contribution in [0, 0.1) is 6.92 Å². The number of nitrogens with zero attached hydrogens (tertiary/aromatic N) is 1. The summed E-state index contributed by atoms with van der Waals surface area (Å²) in [6, 6.07) is 13.2. The Kier molecular flexibility index (Phi) is 5.93. The standard InChI is InChI=1S/C20H19NO5S/c1-13-3-6-15(7-4-13)25-9-10-26-18-11-14(5-8-17(18)24-2)19-21-16(12-27-19)20(22)23/h3-8,11-12H,9-10H2,1-2H3,(H,22,23). The molecule has 0 saturated heterocycles. The van der Waals surface area contributed by atoms with E-state index in [1.54, 1.807) is 19.2 Å². The van der Waals surface area contributed by atoms with Gasteiger partial charge in [0.1, 0.15) is 24.0 Å². The third-order valence-corrected chi connectivity index (χ3v) is 4.66. The third kappa shape index (κ3) is 4.77. The van der Waals surface area contributed by atoms with E-state index in [4.69, 9.17) is 19.3 Å². The van der Waals surface area contributed by atoms with Crippen LogP contribution in [0.4, 0.5) is 0 Å². The fourth-order valence-electron chi connectivity index (χ4n) is 2.37. The molecule has 7 heteroatoms. The monoisotopic (exact) mass is 385 g/mol. The van der Waals surface area contributed by atoms with E-state index in [1.165, 1.54) is 22.3 Å². The zero-order chi connectivity index (χ0) is 19.2. The molecular formula is C20H19NO5S. The summed E-state index contributed by atoms with van der Waals surface area (Å²) in [7, 11) is 1.57. The van der Waals surface area contributed by atoms with Gasteiger partial charge >= 0.3 is 5.97 Å². The third-order valence-electron chi connectivity index (χ3n) is 3.76. The molecule has 0 aliphatic carbocycles. The Balaban J connectivity index is 1.66. The number of ether oxygens (including phenoxy) is 3. The highest BCUT2D eigenvalue weighted by Gasteiger charge is 2.13. The van der Waals surface area contributed by atoms with Crippen LogP contribution in [0.3, 0.4) is 0 Å². The molecule has 1 heterocycles. The second-order valence-corrected chi connectivity index (χ2v) is 6.58. The van der Waals surface area contributed by atoms with Gasteiger partial charge in [-0.25, -0.2) is 9.78 Å². The summed E-state index contributed by atoms with van der Waals surface area (Å²) < 4.78 is 16.8. The Hall–Kier alpha value is -3.06. The zero-order valence-corrected chi connectivity index (χ0v) is 15.8. The van der Waals surface area contributed by atoms with Gasteiger partial charge in [0, 0.05) is 10.9 Å². The zero-order valence-electron chi connectivity index (χ0n) is 15.0. The van der Waals surface area contributed by atoms with Crippen molar-refractivity contribution in [3.05, 3.63) is 59.1 Å². The summed E-state index contributed by atoms with van der Waals surface area (Å²) in [5.41, 5.74) is 1.97. The first kappa shape index (κ1) is 18.7. The molecule has 140 valence electrons. The first-order chi connectivity index (χ1) is 13.1. The van der Waals surface area contributed by atoms with Crippen LogP contribution in [0.25, 0.3) is 10.6 Å². The highest BCUT2D eigenvalue weighted by atomic mass is 32.1. The maximum atomic E-state index is 11.0. The van der Waals surface area contributed by atoms with Crippen molar-refractivity contribution in [1.82, 2.24) is 4.98 Å². The highest BCUT2D eigenvalue weighted by Crippen LogP contribution is 2.33. The molecule has 0 fully saturated rings. The molecule has 2 aromatic carbocycles. The Bertz CT molecular complexity index is 920. The Morgan fingerprint density at radius 3 is 2.48 bits per heavy atom. The molecule has 3 aromatic rings. The number of aromatic carboxylic acids is 1. The van der Waals surface area contributed by atoms with Crippen LogP contribution in [0.5, 0.6) is 17.2 Å². The number of aryl methyl sites for hydroxylation is 1. The van der Waals surface area contributed by atoms with Gasteiger partial charge in [-0.1, -0.05) is 17.7 Å². The van der Waals surface area contributed by atoms with Crippen molar-refractivity contribution < 1.29 is 24.1 Å². The molecule has 3 rings (SSSR count). The summed E-state index contributed by atoms with van der Waals surface area (Å²) in [5, 5.41) is 11.1. The van der Waals surface area contributed by atoms with Crippen LogP contribution in [0.15, 0.2) is 47.8 Å². The van der Waals surface area contributed by atoms with Crippen LogP contribution < -0.4 is 14.2 Å². The second-order valence-electron chi connectivity index (χ2n) is 5.72. The molecule has 27 heavy (non-hydrogen) atoms. The average molecular weight is 385 g/mol. The smallest absolute Gasteiger partial charge is 0.355 e. The molecule has 6 nitrogen and oxygen atoms in total. The van der Waals surface area contributed by atoms with Gasteiger partial charge in [0.05, 0.1) is 7.11 Å². The number of methoxy groups -OCH3 is 1. The van der Waals surface area contributed by atoms with Crippen molar-refractivity contribution >= 4 is 17.3 Å². The van der Waals surface area contributed by atoms with Gasteiger partial charge in [0.15, 0.2) is 17.2 Å². The first-order valence-corrected chi connectivity index (χ1v) is 9.14. The fraction of sp³-hybridized carbons (Fsp3) is 0.200. The maximum absolute atomic E-state index is 11.0. The highest BCUT2D eigenvalue weighted by molar-refractivity contribution is 7.13. The number of carboxylic acids is 1. The number of hydrogen-bond donors (Lipinski definition) is 1. The molecule has 0 atom stereocenters. The minimum atomic E-state index is -1.05. The van der Waals surface area contributed by atoms with E-state index in [2.05, 4.69) is 4.98 Å². The molecule has 0 saturated carbocycles. The average Bonchev–Trinajstić information content (AvgIpc) is 3.17. The largest absolute Gasteiger partial charge is 0.493 e. The van der Waals surface area contributed by atoms with Crippen molar-refractivity contribution in [2.24, 2.45) is 0 Å². The number of thiazole rings is 1. The van der Waals surface area contributed by atoms with Crippen LogP contribution in [-0.4, -0.2) is 36.4 Å². The summed E-state index contributed by atoms with van der Waals surface area (Å²) in [6.45, 7) is 2.75. The molecule has 1 aromatic heterocycles. The van der Waals surface area contributed by atoms with Crippen LogP contribution in [0.2, 0.25) is 0 Å². The van der Waals surface area contributed by atoms with Gasteiger partial charge in [-0.2, -0.15) is 0 Å². The van der Waals surface area contributed by atoms with Crippen molar-refractivity contribution in [3.8, 4) is 27.8 Å². The Labute approximate surface area is 161 Å². The Morgan fingerprint density at radius 1 is 1.07 bits per heavy atom. The van der Waals surface area contributed by atoms with E-state index in [0.717, 1.165) is 11.3 Å². The number of carbonyl (C=O) groups is 1. The molecule has 0 radical (unpaired) electrons. The van der Waals surface area contributed by atoms with E-state index >= 15 is 0 Å². The molecule has 0 bridgehead atoms. The minimum Gasteiger partial charge on any atom is -0.493 e. The predicted molar refractivity (Wildman–Crippen MR) is 103 cm³/mol. The van der Waals surface area contributed by atoms with Crippen molar-refractivity contribution in [2.75, 3.05) is 20.3 Å². The number of benzene rings is 2. The lowest BCUT2D eigenvalue weighted by molar-refractivity contribution is 0.0691. The number of rotatable bonds is 8. The van der Waals surface area contributed by atoms with E-state index in [-0.39, 0.29) is 5.69 Å². The number of carboxylic acid groups (broad SMARTS) is 1. The lowest BCUT2D eigenvalue weighted by Gasteiger charge is -2.12. The second kappa shape index (κ2) is 8.55. The van der Waals surface area contributed by atoms with Crippen molar-refractivity contribution in [1.29, 1.82) is 0 Å². The molecule has 0 amide bonds. The van der Waals surface area contributed by atoms with Crippen LogP contribution >= 0.6 is 11.3 Å². The van der Waals surface area contributed by atoms with Gasteiger partial charge in [-0.05, 0) is 37.3 Å². The van der Waals surface area contributed by atoms with Crippen LogP contribution in [-0.2, 0) is 0 Å². The molecule has 0 aliphatic rings. The van der Waals surface area contributed by atoms with Gasteiger partial charge in [0.2, 0.25) is 0 Å². The van der Waals surface area contributed by atoms with Crippen molar-refractivity contribution in [3.63, 3.8) is 0 Å². The quantitative estimate of drug-likeness (QED) is 0.583. The van der Waals surface area contributed by atoms with Crippen molar-refractivity contribution in [2.45, 2.75) is 6.92 Å². The maximum Gasteiger partial charge on any atom is 0.355 e. The normalized spacial score (nSPS) is 10.4. The summed E-state index contributed by atoms with van der Waals surface area (Å²) in [6.07, 6.45) is 0. The van der Waals surface area contributed by atoms with Gasteiger partial charge in [-0.3, -0.25) is 0 Å². The number of hydrogen-bond acceptors (Lipinski definition) is 6. The predicted octanol–water partition coefficient (Wildman–Crippen LogP) is 4.28. The molecule has 0 unspecified atom stereocenters. The lowest BCUT2D eigenvalue weighted by Crippen LogP contribution is -2.09. The summed E-state index contributed by atoms with van der Waals surface area (Å²) in [4.78, 5) is 15.1. The topological polar surface area (TPSA) is 77.9 Å². The molecule has 1 N–H and O–H groups in total. The Morgan fingerprint density at radius 2 is 1.81 bits per heavy atom. The first-order valence-electron chi connectivity index (χ1n) is 8.26. The van der Waals surface area contributed by atoms with E-state index in [9.17, 15) is 4.79 Å². The minimum absolute atomic E-state index is 0.0276. The van der Waals surface area contributed by atoms with Gasteiger partial charge < -0.3 is 19.3 Å². The van der Waals surface area contributed by atoms with E-state index in [1.807, 2.05) is 37.3 Å².